The number of nitrogens with zero attached hydrogens (tertiary/aromatic N) is 1. The van der Waals surface area contributed by atoms with Gasteiger partial charge in [-0.1, -0.05) is 6.07 Å². The number of fused-ring (bicyclic) bond motifs is 2. The van der Waals surface area contributed by atoms with Crippen molar-refractivity contribution >= 4 is 51.0 Å². The van der Waals surface area contributed by atoms with Crippen molar-refractivity contribution in [3.63, 3.8) is 0 Å². The number of hydrogen-bond acceptors (Lipinski definition) is 6. The monoisotopic (exact) mass is 421 g/mol. The van der Waals surface area contributed by atoms with Crippen molar-refractivity contribution < 1.29 is 23.9 Å². The third kappa shape index (κ3) is 2.88. The minimum Gasteiger partial charge on any atom is -0.477 e. The van der Waals surface area contributed by atoms with Gasteiger partial charge in [0.2, 0.25) is 5.91 Å². The van der Waals surface area contributed by atoms with Crippen LogP contribution < -0.4 is 11.1 Å². The first kappa shape index (κ1) is 18.9. The van der Waals surface area contributed by atoms with E-state index in [1.807, 2.05) is 0 Å². The van der Waals surface area contributed by atoms with E-state index in [0.29, 0.717) is 27.0 Å². The Labute approximate surface area is 167 Å². The molecule has 2 aliphatic heterocycles. The van der Waals surface area contributed by atoms with Crippen LogP contribution in [0.2, 0.25) is 0 Å². The SMILES string of the molecule is CC1=C(C(=O)O)N2C(=O)C(NC(=O)[C@H](N)c3csc4cc(F)ccc34)C2SC1. The van der Waals surface area contributed by atoms with Gasteiger partial charge in [0.1, 0.15) is 29.0 Å². The van der Waals surface area contributed by atoms with Crippen LogP contribution in [0.3, 0.4) is 0 Å². The Bertz CT molecular complexity index is 1050. The number of halogens is 1. The molecule has 4 N–H and O–H groups in total. The zero-order valence-electron chi connectivity index (χ0n) is 14.6. The van der Waals surface area contributed by atoms with E-state index in [9.17, 15) is 23.9 Å². The standard InChI is InChI=1S/C18H16FN3O4S2/c1-7-5-28-17-13(16(24)22(17)14(7)18(25)26)21-15(23)12(20)10-6-27-11-4-8(19)2-3-9(10)11/h2-4,6,12-13,17H,5,20H2,1H3,(H,21,23)(H,25,26)/t12-,13?,17?/m1/s1. The van der Waals surface area contributed by atoms with Gasteiger partial charge in [0.05, 0.1) is 0 Å². The molecule has 4 rings (SSSR count). The van der Waals surface area contributed by atoms with Crippen molar-refractivity contribution in [1.82, 2.24) is 10.2 Å². The number of thiophene rings is 1. The smallest absolute Gasteiger partial charge is 0.352 e. The van der Waals surface area contributed by atoms with Crippen molar-refractivity contribution in [2.45, 2.75) is 24.4 Å². The summed E-state index contributed by atoms with van der Waals surface area (Å²) in [5.74, 6) is -2.06. The average Bonchev–Trinajstić information content (AvgIpc) is 3.07. The third-order valence-corrected chi connectivity index (χ3v) is 7.23. The summed E-state index contributed by atoms with van der Waals surface area (Å²) in [6.07, 6.45) is 0. The molecular formula is C18H16FN3O4S2. The Balaban J connectivity index is 1.51. The molecule has 0 radical (unpaired) electrons. The second-order valence-electron chi connectivity index (χ2n) is 6.64. The van der Waals surface area contributed by atoms with Crippen molar-refractivity contribution in [3.8, 4) is 0 Å². The maximum Gasteiger partial charge on any atom is 0.352 e. The summed E-state index contributed by atoms with van der Waals surface area (Å²) in [6, 6.07) is 2.41. The molecular weight excluding hydrogens is 405 g/mol. The molecule has 0 bridgehead atoms. The number of carbonyl (C=O) groups excluding carboxylic acids is 2. The van der Waals surface area contributed by atoms with Crippen LogP contribution >= 0.6 is 23.1 Å². The van der Waals surface area contributed by atoms with E-state index in [1.165, 1.54) is 40.1 Å². The maximum absolute atomic E-state index is 13.4. The van der Waals surface area contributed by atoms with Gasteiger partial charge < -0.3 is 16.2 Å². The molecule has 3 atom stereocenters. The second-order valence-corrected chi connectivity index (χ2v) is 8.66. The van der Waals surface area contributed by atoms with E-state index in [4.69, 9.17) is 5.73 Å². The lowest BCUT2D eigenvalue weighted by Gasteiger charge is -2.49. The second kappa shape index (κ2) is 6.87. The fourth-order valence-corrected chi connectivity index (χ4v) is 5.74. The van der Waals surface area contributed by atoms with Crippen molar-refractivity contribution in [3.05, 3.63) is 46.2 Å². The molecule has 7 nitrogen and oxygen atoms in total. The molecule has 0 saturated carbocycles. The van der Waals surface area contributed by atoms with Crippen LogP contribution in [0.15, 0.2) is 34.8 Å². The first-order valence-electron chi connectivity index (χ1n) is 8.40. The highest BCUT2D eigenvalue weighted by Crippen LogP contribution is 2.40. The number of aliphatic carboxylic acids is 1. The van der Waals surface area contributed by atoms with Crippen molar-refractivity contribution in [2.75, 3.05) is 5.75 Å². The molecule has 0 spiro atoms. The number of carboxylic acids is 1. The molecule has 10 heteroatoms. The molecule has 2 unspecified atom stereocenters. The van der Waals surface area contributed by atoms with Gasteiger partial charge in [-0.3, -0.25) is 14.5 Å². The Morgan fingerprint density at radius 3 is 2.89 bits per heavy atom. The number of carboxylic acid groups (broad SMARTS) is 1. The first-order valence-corrected chi connectivity index (χ1v) is 10.3. The summed E-state index contributed by atoms with van der Waals surface area (Å²) in [7, 11) is 0. The number of nitrogens with two attached hydrogens (primary N) is 1. The number of carbonyl (C=O) groups is 3. The summed E-state index contributed by atoms with van der Waals surface area (Å²) in [4.78, 5) is 37.8. The van der Waals surface area contributed by atoms with Gasteiger partial charge >= 0.3 is 5.97 Å². The molecule has 2 aliphatic rings. The minimum absolute atomic E-state index is 0.0191. The molecule has 1 fully saturated rings. The minimum atomic E-state index is -1.16. The number of rotatable bonds is 4. The van der Waals surface area contributed by atoms with Crippen LogP contribution in [0.25, 0.3) is 10.1 Å². The molecule has 0 aliphatic carbocycles. The summed E-state index contributed by atoms with van der Waals surface area (Å²) in [5.41, 5.74) is 7.24. The predicted octanol–water partition coefficient (Wildman–Crippen LogP) is 1.80. The molecule has 2 aromatic rings. The highest BCUT2D eigenvalue weighted by Gasteiger charge is 2.53. The number of amides is 2. The molecule has 1 saturated heterocycles. The number of thioether (sulfide) groups is 1. The number of nitrogens with one attached hydrogen (secondary N) is 1. The van der Waals surface area contributed by atoms with Crippen LogP contribution in [0.1, 0.15) is 18.5 Å². The topological polar surface area (TPSA) is 113 Å². The number of benzene rings is 1. The van der Waals surface area contributed by atoms with Crippen molar-refractivity contribution in [2.24, 2.45) is 5.73 Å². The summed E-state index contributed by atoms with van der Waals surface area (Å²) in [6.45, 7) is 1.67. The van der Waals surface area contributed by atoms with Crippen LogP contribution in [0.5, 0.6) is 0 Å². The van der Waals surface area contributed by atoms with Crippen molar-refractivity contribution in [1.29, 1.82) is 0 Å². The van der Waals surface area contributed by atoms with Crippen LogP contribution in [0, 0.1) is 5.82 Å². The quantitative estimate of drug-likeness (QED) is 0.649. The normalized spacial score (nSPS) is 22.7. The van der Waals surface area contributed by atoms with Crippen LogP contribution in [-0.2, 0) is 14.4 Å². The number of β-lactam (4-membered cyclic amide) rings is 1. The molecule has 1 aromatic heterocycles. The van der Waals surface area contributed by atoms with E-state index in [-0.39, 0.29) is 11.5 Å². The molecule has 28 heavy (non-hydrogen) atoms. The van der Waals surface area contributed by atoms with Gasteiger partial charge in [0, 0.05) is 10.5 Å². The van der Waals surface area contributed by atoms with Gasteiger partial charge in [0.15, 0.2) is 0 Å². The van der Waals surface area contributed by atoms with Crippen LogP contribution in [-0.4, -0.2) is 45.0 Å². The summed E-state index contributed by atoms with van der Waals surface area (Å²) in [5, 5.41) is 13.9. The zero-order chi connectivity index (χ0) is 20.2. The lowest BCUT2D eigenvalue weighted by molar-refractivity contribution is -0.150. The maximum atomic E-state index is 13.4. The number of hydrogen-bond donors (Lipinski definition) is 3. The van der Waals surface area contributed by atoms with Gasteiger partial charge in [0.25, 0.3) is 5.91 Å². The first-order chi connectivity index (χ1) is 13.3. The Kier molecular flexibility index (Phi) is 4.64. The van der Waals surface area contributed by atoms with E-state index >= 15 is 0 Å². The Morgan fingerprint density at radius 2 is 2.18 bits per heavy atom. The Hall–Kier alpha value is -2.43. The van der Waals surface area contributed by atoms with Crippen LogP contribution in [0.4, 0.5) is 4.39 Å². The highest BCUT2D eigenvalue weighted by atomic mass is 32.2. The molecule has 2 amide bonds. The summed E-state index contributed by atoms with van der Waals surface area (Å²) < 4.78 is 14.0. The van der Waals surface area contributed by atoms with Gasteiger partial charge in [-0.05, 0) is 41.0 Å². The fourth-order valence-electron chi connectivity index (χ4n) is 3.42. The van der Waals surface area contributed by atoms with Gasteiger partial charge in [-0.2, -0.15) is 0 Å². The van der Waals surface area contributed by atoms with E-state index in [0.717, 1.165) is 0 Å². The lowest BCUT2D eigenvalue weighted by atomic mass is 10.0. The highest BCUT2D eigenvalue weighted by molar-refractivity contribution is 8.00. The molecule has 1 aromatic carbocycles. The summed E-state index contributed by atoms with van der Waals surface area (Å²) >= 11 is 2.68. The lowest BCUT2D eigenvalue weighted by Crippen LogP contribution is -2.71. The zero-order valence-corrected chi connectivity index (χ0v) is 16.3. The van der Waals surface area contributed by atoms with Gasteiger partial charge in [-0.15, -0.1) is 23.1 Å². The van der Waals surface area contributed by atoms with E-state index in [1.54, 1.807) is 18.4 Å². The average molecular weight is 421 g/mol. The van der Waals surface area contributed by atoms with E-state index in [2.05, 4.69) is 5.32 Å². The van der Waals surface area contributed by atoms with E-state index < -0.39 is 35.2 Å². The Morgan fingerprint density at radius 1 is 1.43 bits per heavy atom. The molecule has 146 valence electrons. The van der Waals surface area contributed by atoms with Gasteiger partial charge in [-0.25, -0.2) is 9.18 Å². The predicted molar refractivity (Wildman–Crippen MR) is 104 cm³/mol. The largest absolute Gasteiger partial charge is 0.477 e. The third-order valence-electron chi connectivity index (χ3n) is 4.84. The molecule has 3 heterocycles. The fraction of sp³-hybridized carbons (Fsp3) is 0.278.